The van der Waals surface area contributed by atoms with E-state index < -0.39 is 0 Å². The second-order valence-corrected chi connectivity index (χ2v) is 8.03. The number of hydrogen-bond acceptors (Lipinski definition) is 4. The molecule has 3 unspecified atom stereocenters. The van der Waals surface area contributed by atoms with E-state index in [0.717, 1.165) is 28.7 Å². The Morgan fingerprint density at radius 2 is 1.92 bits per heavy atom. The summed E-state index contributed by atoms with van der Waals surface area (Å²) in [7, 11) is 0. The number of rotatable bonds is 4. The molecule has 0 saturated carbocycles. The maximum absolute atomic E-state index is 12.5. The number of piperidine rings is 1. The number of aromatic hydroxyl groups is 1. The molecule has 2 N–H and O–H groups in total. The van der Waals surface area contributed by atoms with Crippen molar-refractivity contribution in [3.63, 3.8) is 0 Å². The molecule has 2 aliphatic heterocycles. The number of nitrogens with one attached hydrogen (secondary N) is 1. The van der Waals surface area contributed by atoms with Gasteiger partial charge in [-0.15, -0.1) is 0 Å². The predicted molar refractivity (Wildman–Crippen MR) is 99.1 cm³/mol. The fourth-order valence-electron chi connectivity index (χ4n) is 3.78. The zero-order valence-electron chi connectivity index (χ0n) is 14.0. The SMILES string of the molecule is O=C(NC1CC2CCN(C2)C1)c1ccc(Sc2ccccc2O)cc1. The van der Waals surface area contributed by atoms with Crippen LogP contribution in [0.15, 0.2) is 58.3 Å². The van der Waals surface area contributed by atoms with E-state index in [1.807, 2.05) is 36.4 Å². The van der Waals surface area contributed by atoms with Gasteiger partial charge in [0.2, 0.25) is 0 Å². The number of carbonyl (C=O) groups excluding carboxylic acids is 1. The van der Waals surface area contributed by atoms with Gasteiger partial charge in [-0.1, -0.05) is 23.9 Å². The van der Waals surface area contributed by atoms with Crippen LogP contribution in [-0.2, 0) is 0 Å². The van der Waals surface area contributed by atoms with Crippen LogP contribution < -0.4 is 5.32 Å². The van der Waals surface area contributed by atoms with Crippen molar-refractivity contribution < 1.29 is 9.90 Å². The van der Waals surface area contributed by atoms with Gasteiger partial charge in [0.25, 0.3) is 5.91 Å². The molecule has 130 valence electrons. The Kier molecular flexibility index (Phi) is 4.68. The van der Waals surface area contributed by atoms with Crippen molar-refractivity contribution in [3.8, 4) is 5.75 Å². The minimum atomic E-state index is 0.00612. The molecule has 0 radical (unpaired) electrons. The second-order valence-electron chi connectivity index (χ2n) is 6.91. The molecule has 1 amide bonds. The van der Waals surface area contributed by atoms with Crippen molar-refractivity contribution in [2.45, 2.75) is 28.7 Å². The Balaban J connectivity index is 1.38. The largest absolute Gasteiger partial charge is 0.507 e. The molecular formula is C20H22N2O2S. The minimum absolute atomic E-state index is 0.00612. The van der Waals surface area contributed by atoms with E-state index in [4.69, 9.17) is 0 Å². The standard InChI is InChI=1S/C20H22N2O2S/c23-18-3-1-2-4-19(18)25-17-7-5-15(6-8-17)20(24)21-16-11-14-9-10-22(12-14)13-16/h1-8,14,16,23H,9-13H2,(H,21,24). The highest BCUT2D eigenvalue weighted by Gasteiger charge is 2.32. The van der Waals surface area contributed by atoms with Crippen LogP contribution in [0.3, 0.4) is 0 Å². The molecule has 2 aromatic carbocycles. The second kappa shape index (κ2) is 7.10. The first kappa shape index (κ1) is 16.5. The van der Waals surface area contributed by atoms with Crippen molar-refractivity contribution in [1.82, 2.24) is 10.2 Å². The molecule has 2 heterocycles. The maximum Gasteiger partial charge on any atom is 0.251 e. The molecule has 25 heavy (non-hydrogen) atoms. The highest BCUT2D eigenvalue weighted by molar-refractivity contribution is 7.99. The first-order valence-corrected chi connectivity index (χ1v) is 9.58. The maximum atomic E-state index is 12.5. The van der Waals surface area contributed by atoms with E-state index >= 15 is 0 Å². The summed E-state index contributed by atoms with van der Waals surface area (Å²) >= 11 is 1.49. The quantitative estimate of drug-likeness (QED) is 0.884. The number of para-hydroxylation sites is 1. The van der Waals surface area contributed by atoms with Crippen molar-refractivity contribution in [2.24, 2.45) is 5.92 Å². The van der Waals surface area contributed by atoms with Gasteiger partial charge in [0.15, 0.2) is 0 Å². The number of benzene rings is 2. The van der Waals surface area contributed by atoms with Gasteiger partial charge < -0.3 is 15.3 Å². The van der Waals surface area contributed by atoms with Gasteiger partial charge in [0, 0.05) is 29.6 Å². The van der Waals surface area contributed by atoms with Gasteiger partial charge in [0.05, 0.1) is 4.90 Å². The van der Waals surface area contributed by atoms with Gasteiger partial charge in [-0.2, -0.15) is 0 Å². The lowest BCUT2D eigenvalue weighted by Crippen LogP contribution is -2.47. The molecule has 2 aromatic rings. The highest BCUT2D eigenvalue weighted by Crippen LogP contribution is 2.34. The smallest absolute Gasteiger partial charge is 0.251 e. The van der Waals surface area contributed by atoms with E-state index in [-0.39, 0.29) is 17.7 Å². The van der Waals surface area contributed by atoms with E-state index in [9.17, 15) is 9.90 Å². The predicted octanol–water partition coefficient (Wildman–Crippen LogP) is 3.37. The summed E-state index contributed by atoms with van der Waals surface area (Å²) in [5.74, 6) is 1.03. The van der Waals surface area contributed by atoms with Crippen LogP contribution in [0.25, 0.3) is 0 Å². The monoisotopic (exact) mass is 354 g/mol. The fraction of sp³-hybridized carbons (Fsp3) is 0.350. The number of carbonyl (C=O) groups is 1. The third kappa shape index (κ3) is 3.83. The molecule has 2 saturated heterocycles. The summed E-state index contributed by atoms with van der Waals surface area (Å²) < 4.78 is 0. The molecule has 2 bridgehead atoms. The van der Waals surface area contributed by atoms with Gasteiger partial charge >= 0.3 is 0 Å². The van der Waals surface area contributed by atoms with Gasteiger partial charge in [-0.25, -0.2) is 0 Å². The van der Waals surface area contributed by atoms with E-state index in [0.29, 0.717) is 5.56 Å². The molecule has 0 aromatic heterocycles. The lowest BCUT2D eigenvalue weighted by Gasteiger charge is -2.30. The molecule has 0 spiro atoms. The van der Waals surface area contributed by atoms with Gasteiger partial charge in [-0.3, -0.25) is 4.79 Å². The van der Waals surface area contributed by atoms with Crippen LogP contribution in [0.4, 0.5) is 0 Å². The van der Waals surface area contributed by atoms with Crippen molar-refractivity contribution >= 4 is 17.7 Å². The minimum Gasteiger partial charge on any atom is -0.507 e. The summed E-state index contributed by atoms with van der Waals surface area (Å²) in [6.07, 6.45) is 2.37. The Morgan fingerprint density at radius 1 is 1.12 bits per heavy atom. The molecule has 0 aliphatic carbocycles. The summed E-state index contributed by atoms with van der Waals surface area (Å²) in [5, 5.41) is 13.0. The summed E-state index contributed by atoms with van der Waals surface area (Å²) in [6.45, 7) is 3.35. The lowest BCUT2D eigenvalue weighted by molar-refractivity contribution is 0.0909. The van der Waals surface area contributed by atoms with Crippen molar-refractivity contribution in [2.75, 3.05) is 19.6 Å². The van der Waals surface area contributed by atoms with Gasteiger partial charge in [0.1, 0.15) is 5.75 Å². The number of hydrogen-bond donors (Lipinski definition) is 2. The summed E-state index contributed by atoms with van der Waals surface area (Å²) in [4.78, 5) is 16.8. The Hall–Kier alpha value is -1.98. The number of amides is 1. The molecule has 3 atom stereocenters. The molecule has 5 heteroatoms. The van der Waals surface area contributed by atoms with Crippen LogP contribution in [0.1, 0.15) is 23.2 Å². The van der Waals surface area contributed by atoms with E-state index in [1.54, 1.807) is 12.1 Å². The summed E-state index contributed by atoms with van der Waals surface area (Å²) in [5.41, 5.74) is 0.689. The first-order chi connectivity index (χ1) is 12.2. The lowest BCUT2D eigenvalue weighted by atomic mass is 9.96. The van der Waals surface area contributed by atoms with Crippen LogP contribution in [-0.4, -0.2) is 41.6 Å². The van der Waals surface area contributed by atoms with Gasteiger partial charge in [-0.05, 0) is 61.7 Å². The van der Waals surface area contributed by atoms with Crippen LogP contribution in [0.5, 0.6) is 5.75 Å². The highest BCUT2D eigenvalue weighted by atomic mass is 32.2. The number of nitrogens with zero attached hydrogens (tertiary/aromatic N) is 1. The van der Waals surface area contributed by atoms with Crippen molar-refractivity contribution in [1.29, 1.82) is 0 Å². The number of phenols is 1. The fourth-order valence-corrected chi connectivity index (χ4v) is 4.62. The zero-order chi connectivity index (χ0) is 17.2. The molecule has 4 nitrogen and oxygen atoms in total. The van der Waals surface area contributed by atoms with Crippen LogP contribution in [0, 0.1) is 5.92 Å². The van der Waals surface area contributed by atoms with E-state index in [2.05, 4.69) is 10.2 Å². The molecule has 2 fully saturated rings. The third-order valence-electron chi connectivity index (χ3n) is 5.01. The molecule has 4 rings (SSSR count). The zero-order valence-corrected chi connectivity index (χ0v) is 14.8. The summed E-state index contributed by atoms with van der Waals surface area (Å²) in [6, 6.07) is 15.1. The first-order valence-electron chi connectivity index (χ1n) is 8.76. The van der Waals surface area contributed by atoms with E-state index in [1.165, 1.54) is 31.3 Å². The Labute approximate surface area is 152 Å². The van der Waals surface area contributed by atoms with Crippen molar-refractivity contribution in [3.05, 3.63) is 54.1 Å². The van der Waals surface area contributed by atoms with Crippen LogP contribution >= 0.6 is 11.8 Å². The normalized spacial score (nSPS) is 24.9. The topological polar surface area (TPSA) is 52.6 Å². The Morgan fingerprint density at radius 3 is 2.68 bits per heavy atom. The Bertz CT molecular complexity index is 751. The van der Waals surface area contributed by atoms with Crippen LogP contribution in [0.2, 0.25) is 0 Å². The number of fused-ring (bicyclic) bond motifs is 2. The molecule has 2 aliphatic rings. The average Bonchev–Trinajstić information content (AvgIpc) is 2.96. The number of phenolic OH excluding ortho intramolecular Hbond substituents is 1. The third-order valence-corrected chi connectivity index (χ3v) is 6.08. The average molecular weight is 354 g/mol. The molecular weight excluding hydrogens is 332 g/mol.